The molecule has 1 saturated heterocycles. The predicted octanol–water partition coefficient (Wildman–Crippen LogP) is 0.405. The van der Waals surface area contributed by atoms with Crippen LogP contribution in [0, 0.1) is 3.57 Å². The highest BCUT2D eigenvalue weighted by Gasteiger charge is 2.42. The number of rotatable bonds is 6. The summed E-state index contributed by atoms with van der Waals surface area (Å²) >= 11 is 1.86. The van der Waals surface area contributed by atoms with E-state index in [1.165, 1.54) is 13.1 Å². The summed E-state index contributed by atoms with van der Waals surface area (Å²) in [6.07, 6.45) is -2.81. The van der Waals surface area contributed by atoms with E-state index in [9.17, 15) is 24.6 Å². The summed E-state index contributed by atoms with van der Waals surface area (Å²) in [4.78, 5) is 38.5. The van der Waals surface area contributed by atoms with Gasteiger partial charge in [0.2, 0.25) is 0 Å². The Morgan fingerprint density at radius 3 is 2.69 bits per heavy atom. The second-order valence-electron chi connectivity index (χ2n) is 5.91. The smallest absolute Gasteiger partial charge is 0.412 e. The monoisotopic (exact) mass is 481 g/mol. The Kier molecular flexibility index (Phi) is 7.08. The van der Waals surface area contributed by atoms with Crippen molar-refractivity contribution in [3.63, 3.8) is 0 Å². The van der Waals surface area contributed by atoms with Gasteiger partial charge in [-0.2, -0.15) is 4.98 Å². The van der Waals surface area contributed by atoms with E-state index in [4.69, 9.17) is 9.47 Å². The van der Waals surface area contributed by atoms with Crippen molar-refractivity contribution in [1.29, 1.82) is 0 Å². The Balaban J connectivity index is 2.04. The van der Waals surface area contributed by atoms with E-state index in [1.807, 2.05) is 22.6 Å². The molecule has 4 atom stereocenters. The maximum atomic E-state index is 12.2. The fourth-order valence-corrected chi connectivity index (χ4v) is 2.95. The van der Waals surface area contributed by atoms with Crippen LogP contribution in [0.5, 0.6) is 0 Å². The summed E-state index contributed by atoms with van der Waals surface area (Å²) in [5.74, 6) is 0.00842. The third-order valence-electron chi connectivity index (χ3n) is 3.79. The molecule has 26 heavy (non-hydrogen) atoms. The molecule has 3 N–H and O–H groups in total. The van der Waals surface area contributed by atoms with Gasteiger partial charge in [0.25, 0.3) is 0 Å². The van der Waals surface area contributed by atoms with Gasteiger partial charge in [-0.05, 0) is 42.9 Å². The topological polar surface area (TPSA) is 140 Å². The van der Waals surface area contributed by atoms with Crippen LogP contribution in [-0.4, -0.2) is 56.6 Å². The van der Waals surface area contributed by atoms with Crippen LogP contribution in [0.2, 0.25) is 0 Å². The Bertz CT molecular complexity index is 738. The van der Waals surface area contributed by atoms with Crippen LogP contribution in [0.4, 0.5) is 10.6 Å². The molecular formula is C15H20IN3O7. The molecule has 2 rings (SSSR count). The minimum absolute atomic E-state index is 0.00417. The van der Waals surface area contributed by atoms with Gasteiger partial charge in [0.15, 0.2) is 12.0 Å². The lowest BCUT2D eigenvalue weighted by Crippen LogP contribution is -2.36. The van der Waals surface area contributed by atoms with Crippen LogP contribution in [0.25, 0.3) is 0 Å². The molecular weight excluding hydrogens is 461 g/mol. The van der Waals surface area contributed by atoms with Crippen LogP contribution in [0.15, 0.2) is 11.0 Å². The van der Waals surface area contributed by atoms with Crippen molar-refractivity contribution in [2.75, 3.05) is 11.9 Å². The number of amides is 1. The van der Waals surface area contributed by atoms with Crippen LogP contribution in [0.1, 0.15) is 32.9 Å². The molecule has 0 bridgehead atoms. The van der Waals surface area contributed by atoms with Crippen molar-refractivity contribution in [3.05, 3.63) is 20.3 Å². The molecule has 1 aliphatic heterocycles. The van der Waals surface area contributed by atoms with Gasteiger partial charge in [-0.15, -0.1) is 0 Å². The molecule has 10 nitrogen and oxygen atoms in total. The number of carbonyl (C=O) groups excluding carboxylic acids is 2. The zero-order valence-electron chi connectivity index (χ0n) is 14.2. The Hall–Kier alpha value is -1.57. The van der Waals surface area contributed by atoms with Gasteiger partial charge in [-0.25, -0.2) is 9.59 Å². The number of nitrogens with one attached hydrogen (secondary N) is 1. The maximum absolute atomic E-state index is 12.2. The molecule has 2 heterocycles. The van der Waals surface area contributed by atoms with Crippen molar-refractivity contribution in [2.45, 2.75) is 51.2 Å². The molecule has 0 saturated carbocycles. The van der Waals surface area contributed by atoms with Crippen molar-refractivity contribution >= 4 is 40.3 Å². The van der Waals surface area contributed by atoms with Crippen LogP contribution >= 0.6 is 22.6 Å². The van der Waals surface area contributed by atoms with Crippen molar-refractivity contribution in [2.24, 2.45) is 0 Å². The summed E-state index contributed by atoms with van der Waals surface area (Å²) < 4.78 is 11.8. The van der Waals surface area contributed by atoms with Crippen LogP contribution < -0.4 is 11.0 Å². The normalized spacial score (nSPS) is 25.1. The number of Topliss-reactive ketones (excluding diaryl/α,β-unsaturated/α-hetero) is 1. The van der Waals surface area contributed by atoms with E-state index in [0.717, 1.165) is 4.57 Å². The van der Waals surface area contributed by atoms with Gasteiger partial charge in [0.05, 0.1) is 16.3 Å². The van der Waals surface area contributed by atoms with Gasteiger partial charge in [0, 0.05) is 12.6 Å². The Labute approximate surface area is 162 Å². The SMILES string of the molecule is CC(=O)CCCOC(=O)Nc1nc(=O)n([C@@H]2O[C@H](C)[C@@H](O)[C@H]2O)cc1I. The van der Waals surface area contributed by atoms with Gasteiger partial charge >= 0.3 is 11.8 Å². The third-order valence-corrected chi connectivity index (χ3v) is 4.57. The largest absolute Gasteiger partial charge is 0.449 e. The molecule has 0 aliphatic carbocycles. The zero-order chi connectivity index (χ0) is 19.4. The lowest BCUT2D eigenvalue weighted by atomic mass is 10.1. The van der Waals surface area contributed by atoms with E-state index in [2.05, 4.69) is 10.3 Å². The quantitative estimate of drug-likeness (QED) is 0.392. The molecule has 1 aliphatic rings. The molecule has 1 aromatic rings. The number of nitrogens with zero attached hydrogens (tertiary/aromatic N) is 2. The predicted molar refractivity (Wildman–Crippen MR) is 97.7 cm³/mol. The minimum atomic E-state index is -1.27. The van der Waals surface area contributed by atoms with Crippen LogP contribution in [-0.2, 0) is 14.3 Å². The van der Waals surface area contributed by atoms with Gasteiger partial charge < -0.3 is 24.5 Å². The van der Waals surface area contributed by atoms with E-state index in [1.54, 1.807) is 6.92 Å². The Morgan fingerprint density at radius 1 is 1.42 bits per heavy atom. The second kappa shape index (κ2) is 8.88. The summed E-state index contributed by atoms with van der Waals surface area (Å²) in [7, 11) is 0. The number of carbonyl (C=O) groups is 2. The number of anilines is 1. The molecule has 0 aromatic carbocycles. The summed E-state index contributed by atoms with van der Waals surface area (Å²) in [6.45, 7) is 3.10. The lowest BCUT2D eigenvalue weighted by Gasteiger charge is -2.18. The second-order valence-corrected chi connectivity index (χ2v) is 7.07. The first-order chi connectivity index (χ1) is 12.2. The number of aromatic nitrogens is 2. The van der Waals surface area contributed by atoms with E-state index in [0.29, 0.717) is 16.4 Å². The van der Waals surface area contributed by atoms with Crippen LogP contribution in [0.3, 0.4) is 0 Å². The molecule has 0 unspecified atom stereocenters. The molecule has 144 valence electrons. The molecule has 1 fully saturated rings. The first-order valence-corrected chi connectivity index (χ1v) is 9.02. The number of aliphatic hydroxyl groups is 2. The lowest BCUT2D eigenvalue weighted by molar-refractivity contribution is -0.117. The number of aliphatic hydroxyl groups excluding tert-OH is 2. The number of ether oxygens (including phenoxy) is 2. The van der Waals surface area contributed by atoms with Gasteiger partial charge in [-0.3, -0.25) is 9.88 Å². The number of halogens is 1. The zero-order valence-corrected chi connectivity index (χ0v) is 16.4. The average molecular weight is 481 g/mol. The molecule has 0 spiro atoms. The summed E-state index contributed by atoms with van der Waals surface area (Å²) in [6, 6.07) is 0. The maximum Gasteiger partial charge on any atom is 0.412 e. The van der Waals surface area contributed by atoms with Crippen molar-refractivity contribution in [3.8, 4) is 0 Å². The standard InChI is InChI=1S/C15H20IN3O7/c1-7(20)4-3-5-25-15(24)18-12-9(16)6-19(14(23)17-12)13-11(22)10(21)8(2)26-13/h6,8,10-11,13,21-22H,3-5H2,1-2H3,(H,17,18,23,24)/t8-,10-,11-,13-/m1/s1. The average Bonchev–Trinajstić information content (AvgIpc) is 2.82. The number of ketones is 1. The van der Waals surface area contributed by atoms with Crippen molar-refractivity contribution < 1.29 is 29.3 Å². The third kappa shape index (κ3) is 4.99. The van der Waals surface area contributed by atoms with Gasteiger partial charge in [-0.1, -0.05) is 0 Å². The first-order valence-electron chi connectivity index (χ1n) is 7.94. The van der Waals surface area contributed by atoms with Crippen molar-refractivity contribution in [1.82, 2.24) is 9.55 Å². The van der Waals surface area contributed by atoms with Gasteiger partial charge in [0.1, 0.15) is 18.0 Å². The first kappa shape index (κ1) is 20.7. The highest BCUT2D eigenvalue weighted by atomic mass is 127. The van der Waals surface area contributed by atoms with E-state index < -0.39 is 36.3 Å². The Morgan fingerprint density at radius 2 is 2.12 bits per heavy atom. The molecule has 1 amide bonds. The molecule has 1 aromatic heterocycles. The fraction of sp³-hybridized carbons (Fsp3) is 0.600. The minimum Gasteiger partial charge on any atom is -0.449 e. The summed E-state index contributed by atoms with van der Waals surface area (Å²) in [5.41, 5.74) is -0.761. The molecule has 0 radical (unpaired) electrons. The van der Waals surface area contributed by atoms with E-state index >= 15 is 0 Å². The van der Waals surface area contributed by atoms with E-state index in [-0.39, 0.29) is 18.2 Å². The summed E-state index contributed by atoms with van der Waals surface area (Å²) in [5, 5.41) is 22.1. The fourth-order valence-electron chi connectivity index (χ4n) is 2.39. The number of hydrogen-bond acceptors (Lipinski definition) is 8. The highest BCUT2D eigenvalue weighted by Crippen LogP contribution is 2.28. The highest BCUT2D eigenvalue weighted by molar-refractivity contribution is 14.1. The number of hydrogen-bond donors (Lipinski definition) is 3. The molecule has 11 heteroatoms.